The average Bonchev–Trinajstić information content (AvgIpc) is 3.22. The summed E-state index contributed by atoms with van der Waals surface area (Å²) in [7, 11) is 0. The van der Waals surface area contributed by atoms with Gasteiger partial charge in [-0.2, -0.15) is 0 Å². The average molecular weight is 415 g/mol. The Hall–Kier alpha value is -1.82. The fourth-order valence-corrected chi connectivity index (χ4v) is 4.86. The number of rotatable bonds is 5. The molecule has 2 fully saturated rings. The minimum atomic E-state index is -0.291. The predicted octanol–water partition coefficient (Wildman–Crippen LogP) is 3.25. The normalized spacial score (nSPS) is 25.0. The van der Waals surface area contributed by atoms with E-state index < -0.39 is 0 Å². The van der Waals surface area contributed by atoms with Crippen molar-refractivity contribution in [3.8, 4) is 5.75 Å². The summed E-state index contributed by atoms with van der Waals surface area (Å²) < 4.78 is 5.84. The van der Waals surface area contributed by atoms with Gasteiger partial charge < -0.3 is 15.0 Å². The Bertz CT molecular complexity index is 729. The van der Waals surface area contributed by atoms with Crippen molar-refractivity contribution >= 4 is 11.7 Å². The van der Waals surface area contributed by atoms with E-state index in [2.05, 4.69) is 26.2 Å². The molecule has 0 unspecified atom stereocenters. The van der Waals surface area contributed by atoms with Crippen molar-refractivity contribution in [2.75, 3.05) is 44.2 Å². The monoisotopic (exact) mass is 414 g/mol. The van der Waals surface area contributed by atoms with E-state index >= 15 is 0 Å². The first kappa shape index (κ1) is 21.4. The van der Waals surface area contributed by atoms with Crippen LogP contribution in [0.3, 0.4) is 0 Å². The van der Waals surface area contributed by atoms with Crippen LogP contribution in [0, 0.1) is 11.3 Å². The molecule has 1 saturated carbocycles. The molecule has 0 atom stereocenters. The lowest BCUT2D eigenvalue weighted by atomic mass is 9.83. The van der Waals surface area contributed by atoms with E-state index in [-0.39, 0.29) is 11.3 Å². The summed E-state index contributed by atoms with van der Waals surface area (Å²) in [5.74, 6) is 3.05. The first-order valence-corrected chi connectivity index (χ1v) is 11.8. The third-order valence-corrected chi connectivity index (χ3v) is 6.97. The number of ether oxygens (including phenoxy) is 1. The van der Waals surface area contributed by atoms with Gasteiger partial charge in [0.25, 0.3) is 0 Å². The highest BCUT2D eigenvalue weighted by Crippen LogP contribution is 2.34. The van der Waals surface area contributed by atoms with E-state index in [4.69, 9.17) is 4.74 Å². The molecule has 6 heteroatoms. The van der Waals surface area contributed by atoms with Crippen LogP contribution in [0.2, 0.25) is 0 Å². The second-order valence-corrected chi connectivity index (χ2v) is 10.3. The summed E-state index contributed by atoms with van der Waals surface area (Å²) >= 11 is 0. The Morgan fingerprint density at radius 2 is 1.90 bits per heavy atom. The maximum atomic E-state index is 12.2. The zero-order chi connectivity index (χ0) is 21.1. The number of carbonyl (C=O) groups excluding carboxylic acids is 1. The molecule has 0 spiro atoms. The van der Waals surface area contributed by atoms with Crippen molar-refractivity contribution in [2.45, 2.75) is 65.3 Å². The van der Waals surface area contributed by atoms with E-state index in [1.54, 1.807) is 0 Å². The van der Waals surface area contributed by atoms with Crippen LogP contribution in [0.4, 0.5) is 5.82 Å². The Balaban J connectivity index is 1.17. The first-order chi connectivity index (χ1) is 14.4. The Morgan fingerprint density at radius 1 is 1.17 bits per heavy atom. The molecule has 0 radical (unpaired) electrons. The van der Waals surface area contributed by atoms with Crippen molar-refractivity contribution in [3.05, 3.63) is 17.8 Å². The molecule has 3 heterocycles. The number of nitrogens with zero attached hydrogens (tertiary/aromatic N) is 3. The van der Waals surface area contributed by atoms with Crippen LogP contribution in [0.1, 0.15) is 58.4 Å². The Labute approximate surface area is 181 Å². The molecule has 1 saturated heterocycles. The number of amides is 1. The summed E-state index contributed by atoms with van der Waals surface area (Å²) in [5, 5.41) is 3.25. The van der Waals surface area contributed by atoms with E-state index in [0.29, 0.717) is 6.04 Å². The maximum absolute atomic E-state index is 12.2. The van der Waals surface area contributed by atoms with Gasteiger partial charge in [-0.25, -0.2) is 4.98 Å². The van der Waals surface area contributed by atoms with Gasteiger partial charge in [0.15, 0.2) is 11.6 Å². The smallest absolute Gasteiger partial charge is 0.225 e. The van der Waals surface area contributed by atoms with Crippen LogP contribution in [0.5, 0.6) is 5.75 Å². The van der Waals surface area contributed by atoms with E-state index in [0.717, 1.165) is 69.5 Å². The molecule has 6 nitrogen and oxygen atoms in total. The highest BCUT2D eigenvalue weighted by molar-refractivity contribution is 5.81. The number of fused-ring (bicyclic) bond motifs is 1. The summed E-state index contributed by atoms with van der Waals surface area (Å²) in [5.41, 5.74) is 1.01. The van der Waals surface area contributed by atoms with Gasteiger partial charge in [0, 0.05) is 55.8 Å². The minimum absolute atomic E-state index is 0.188. The summed E-state index contributed by atoms with van der Waals surface area (Å²) in [6.07, 6.45) is 8.96. The van der Waals surface area contributed by atoms with Gasteiger partial charge in [-0.3, -0.25) is 9.69 Å². The van der Waals surface area contributed by atoms with Crippen LogP contribution < -0.4 is 15.0 Å². The lowest BCUT2D eigenvalue weighted by molar-refractivity contribution is -0.129. The second kappa shape index (κ2) is 9.13. The molecule has 3 aliphatic rings. The molecule has 0 bridgehead atoms. The molecule has 1 N–H and O–H groups in total. The maximum Gasteiger partial charge on any atom is 0.225 e. The molecule has 30 heavy (non-hydrogen) atoms. The van der Waals surface area contributed by atoms with Gasteiger partial charge in [-0.1, -0.05) is 20.8 Å². The fourth-order valence-electron chi connectivity index (χ4n) is 4.86. The van der Waals surface area contributed by atoms with Gasteiger partial charge in [-0.15, -0.1) is 0 Å². The fraction of sp³-hybridized carbons (Fsp3) is 0.750. The Kier molecular flexibility index (Phi) is 6.51. The SMILES string of the molecule is CC(C)(C)C(=O)N[C@H]1CC[C@H](CCN2CCN(c3nccc4c3OCC4)CC2)CC1. The number of hydrogen-bond acceptors (Lipinski definition) is 5. The van der Waals surface area contributed by atoms with Crippen molar-refractivity contribution < 1.29 is 9.53 Å². The molecular weight excluding hydrogens is 376 g/mol. The lowest BCUT2D eigenvalue weighted by Crippen LogP contribution is -2.47. The number of piperazine rings is 1. The predicted molar refractivity (Wildman–Crippen MR) is 120 cm³/mol. The molecule has 166 valence electrons. The quantitative estimate of drug-likeness (QED) is 0.802. The third kappa shape index (κ3) is 5.08. The van der Waals surface area contributed by atoms with E-state index in [9.17, 15) is 4.79 Å². The first-order valence-electron chi connectivity index (χ1n) is 11.8. The molecule has 1 amide bonds. The highest BCUT2D eigenvalue weighted by Gasteiger charge is 2.28. The molecule has 1 aromatic rings. The number of pyridine rings is 1. The second-order valence-electron chi connectivity index (χ2n) is 10.3. The summed E-state index contributed by atoms with van der Waals surface area (Å²) in [6, 6.07) is 2.46. The number of nitrogens with one attached hydrogen (secondary N) is 1. The molecule has 1 aromatic heterocycles. The van der Waals surface area contributed by atoms with Crippen LogP contribution >= 0.6 is 0 Å². The van der Waals surface area contributed by atoms with Crippen LogP contribution in [-0.4, -0.2) is 61.2 Å². The number of carbonyl (C=O) groups is 1. The number of aromatic nitrogens is 1. The van der Waals surface area contributed by atoms with E-state index in [1.807, 2.05) is 27.0 Å². The molecular formula is C24H38N4O2. The van der Waals surface area contributed by atoms with Gasteiger partial charge in [0.05, 0.1) is 6.61 Å². The van der Waals surface area contributed by atoms with Crippen LogP contribution in [0.25, 0.3) is 0 Å². The Morgan fingerprint density at radius 3 is 2.60 bits per heavy atom. The van der Waals surface area contributed by atoms with Crippen molar-refractivity contribution in [3.63, 3.8) is 0 Å². The van der Waals surface area contributed by atoms with Crippen molar-refractivity contribution in [1.29, 1.82) is 0 Å². The lowest BCUT2D eigenvalue weighted by Gasteiger charge is -2.37. The highest BCUT2D eigenvalue weighted by atomic mass is 16.5. The number of hydrogen-bond donors (Lipinski definition) is 1. The molecule has 0 aromatic carbocycles. The van der Waals surface area contributed by atoms with Crippen LogP contribution in [-0.2, 0) is 11.2 Å². The van der Waals surface area contributed by atoms with Gasteiger partial charge in [0.1, 0.15) is 0 Å². The summed E-state index contributed by atoms with van der Waals surface area (Å²) in [4.78, 5) is 21.8. The van der Waals surface area contributed by atoms with Gasteiger partial charge >= 0.3 is 0 Å². The van der Waals surface area contributed by atoms with Crippen molar-refractivity contribution in [2.24, 2.45) is 11.3 Å². The zero-order valence-corrected chi connectivity index (χ0v) is 19.0. The topological polar surface area (TPSA) is 57.7 Å². The number of anilines is 1. The summed E-state index contributed by atoms with van der Waals surface area (Å²) in [6.45, 7) is 12.2. The van der Waals surface area contributed by atoms with Crippen molar-refractivity contribution in [1.82, 2.24) is 15.2 Å². The van der Waals surface area contributed by atoms with Crippen LogP contribution in [0.15, 0.2) is 12.3 Å². The molecule has 4 rings (SSSR count). The minimum Gasteiger partial charge on any atom is -0.489 e. The van der Waals surface area contributed by atoms with Gasteiger partial charge in [-0.05, 0) is 50.6 Å². The zero-order valence-electron chi connectivity index (χ0n) is 19.0. The molecule has 1 aliphatic carbocycles. The molecule has 2 aliphatic heterocycles. The van der Waals surface area contributed by atoms with Gasteiger partial charge in [0.2, 0.25) is 5.91 Å². The van der Waals surface area contributed by atoms with E-state index in [1.165, 1.54) is 31.4 Å². The largest absolute Gasteiger partial charge is 0.489 e. The third-order valence-electron chi connectivity index (χ3n) is 6.97. The standard InChI is InChI=1S/C24H38N4O2/c1-24(2,3)23(29)26-20-6-4-18(5-7-20)9-12-27-13-15-28(16-14-27)22-21-19(8-11-25-22)10-17-30-21/h8,11,18,20H,4-7,9-10,12-17H2,1-3H3,(H,26,29)/t18-,20-.